The molecule has 3 aromatic rings. The lowest BCUT2D eigenvalue weighted by atomic mass is 9.70. The van der Waals surface area contributed by atoms with Gasteiger partial charge in [-0.25, -0.2) is 0 Å². The van der Waals surface area contributed by atoms with Gasteiger partial charge < -0.3 is 29.7 Å². The van der Waals surface area contributed by atoms with Gasteiger partial charge in [-0.3, -0.25) is 0 Å². The Hall–Kier alpha value is -3.59. The molecular weight excluding hydrogens is 652 g/mol. The summed E-state index contributed by atoms with van der Waals surface area (Å²) < 4.78 is 19.6. The first-order valence-corrected chi connectivity index (χ1v) is 18.9. The van der Waals surface area contributed by atoms with Gasteiger partial charge in [0.15, 0.2) is 0 Å². The van der Waals surface area contributed by atoms with Crippen LogP contribution < -0.4 is 19.5 Å². The normalized spacial score (nSPS) is 23.0. The Morgan fingerprint density at radius 2 is 0.981 bits per heavy atom. The van der Waals surface area contributed by atoms with Crippen LogP contribution in [0.25, 0.3) is 0 Å². The molecule has 9 nitrogen and oxygen atoms in total. The predicted molar refractivity (Wildman–Crippen MR) is 210 cm³/mol. The zero-order valence-electron chi connectivity index (χ0n) is 35.0. The van der Waals surface area contributed by atoms with Crippen molar-refractivity contribution in [1.29, 1.82) is 0 Å². The standard InChI is InChI=1S/C43H66N4O5/c1-18-42(16)24-32(25(3)43(17,19-2)47-42)52-37-45-35(50-26-20-28(38(4,5)6)33(48)29(21-26)39(7,8)9)44-36(46-37)51-27-22-30(40(10,11)12)34(49)31(23-27)41(13,14)15/h20-23,25,32,47-49H,18-19,24H2,1-17H3. The average molecular weight is 719 g/mol. The number of hydrogen-bond donors (Lipinski definition) is 3. The zero-order chi connectivity index (χ0) is 39.4. The minimum atomic E-state index is -0.359. The SMILES string of the molecule is CCC1(C)CC(Oc2nc(Oc3cc(C(C)(C)C)c(O)c(C(C)(C)C)c3)nc(Oc3cc(C(C)(C)C)c(O)c(C(C)(C)C)c3)n2)C(C)C(C)(CC)N1. The molecule has 0 radical (unpaired) electrons. The van der Waals surface area contributed by atoms with E-state index in [1.54, 1.807) is 0 Å². The van der Waals surface area contributed by atoms with Crippen LogP contribution in [0, 0.1) is 5.92 Å². The lowest BCUT2D eigenvalue weighted by molar-refractivity contribution is -0.0185. The van der Waals surface area contributed by atoms with Crippen LogP contribution in [-0.2, 0) is 21.7 Å². The van der Waals surface area contributed by atoms with Crippen molar-refractivity contribution in [2.75, 3.05) is 0 Å². The van der Waals surface area contributed by atoms with Gasteiger partial charge in [-0.15, -0.1) is 15.0 Å². The third kappa shape index (κ3) is 8.95. The van der Waals surface area contributed by atoms with Crippen LogP contribution in [0.3, 0.4) is 0 Å². The van der Waals surface area contributed by atoms with Crippen LogP contribution in [-0.4, -0.2) is 42.3 Å². The predicted octanol–water partition coefficient (Wildman–Crippen LogP) is 10.8. The van der Waals surface area contributed by atoms with E-state index in [1.807, 2.05) is 24.3 Å². The molecule has 1 aliphatic heterocycles. The molecule has 288 valence electrons. The number of nitrogens with zero attached hydrogens (tertiary/aromatic N) is 3. The van der Waals surface area contributed by atoms with Crippen molar-refractivity contribution < 1.29 is 24.4 Å². The molecule has 1 aromatic heterocycles. The minimum absolute atomic E-state index is 0.00868. The van der Waals surface area contributed by atoms with Crippen molar-refractivity contribution in [3.63, 3.8) is 0 Å². The highest BCUT2D eigenvalue weighted by molar-refractivity contribution is 5.53. The number of ether oxygens (including phenoxy) is 3. The summed E-state index contributed by atoms with van der Waals surface area (Å²) in [6.07, 6.45) is 2.45. The van der Waals surface area contributed by atoms with Gasteiger partial charge in [0.2, 0.25) is 0 Å². The molecule has 4 unspecified atom stereocenters. The average Bonchev–Trinajstić information content (AvgIpc) is 2.99. The number of hydrogen-bond acceptors (Lipinski definition) is 9. The van der Waals surface area contributed by atoms with Gasteiger partial charge in [0, 0.05) is 45.7 Å². The topological polar surface area (TPSA) is 119 Å². The molecular formula is C43H66N4O5. The Morgan fingerprint density at radius 3 is 1.29 bits per heavy atom. The van der Waals surface area contributed by atoms with E-state index < -0.39 is 0 Å². The van der Waals surface area contributed by atoms with E-state index in [0.717, 1.165) is 41.5 Å². The maximum atomic E-state index is 11.4. The van der Waals surface area contributed by atoms with E-state index in [9.17, 15) is 10.2 Å². The smallest absolute Gasteiger partial charge is 0.331 e. The fourth-order valence-corrected chi connectivity index (χ4v) is 7.10. The largest absolute Gasteiger partial charge is 0.507 e. The van der Waals surface area contributed by atoms with E-state index in [4.69, 9.17) is 24.2 Å². The number of phenolic OH excluding ortho intramolecular Hbond substituents is 2. The Labute approximate surface area is 313 Å². The lowest BCUT2D eigenvalue weighted by Gasteiger charge is -2.52. The van der Waals surface area contributed by atoms with E-state index in [0.29, 0.717) is 11.5 Å². The monoisotopic (exact) mass is 719 g/mol. The summed E-state index contributed by atoms with van der Waals surface area (Å²) in [4.78, 5) is 14.1. The highest BCUT2D eigenvalue weighted by Gasteiger charge is 2.47. The molecule has 2 heterocycles. The van der Waals surface area contributed by atoms with Crippen LogP contribution in [0.2, 0.25) is 0 Å². The van der Waals surface area contributed by atoms with Gasteiger partial charge in [0.25, 0.3) is 0 Å². The molecule has 0 amide bonds. The second-order valence-electron chi connectivity index (χ2n) is 19.6. The van der Waals surface area contributed by atoms with Crippen molar-refractivity contribution >= 4 is 0 Å². The molecule has 1 aliphatic rings. The number of phenols is 2. The van der Waals surface area contributed by atoms with Crippen LogP contribution >= 0.6 is 0 Å². The van der Waals surface area contributed by atoms with Crippen molar-refractivity contribution in [2.45, 2.75) is 176 Å². The molecule has 0 spiro atoms. The maximum Gasteiger partial charge on any atom is 0.331 e. The van der Waals surface area contributed by atoms with Gasteiger partial charge in [0.1, 0.15) is 29.1 Å². The highest BCUT2D eigenvalue weighted by atomic mass is 16.5. The lowest BCUT2D eigenvalue weighted by Crippen LogP contribution is -2.66. The fraction of sp³-hybridized carbons (Fsp3) is 0.651. The van der Waals surface area contributed by atoms with Crippen LogP contribution in [0.15, 0.2) is 24.3 Å². The summed E-state index contributed by atoms with van der Waals surface area (Å²) >= 11 is 0. The molecule has 1 fully saturated rings. The van der Waals surface area contributed by atoms with Gasteiger partial charge in [-0.2, -0.15) is 0 Å². The molecule has 2 aromatic carbocycles. The van der Waals surface area contributed by atoms with Gasteiger partial charge in [-0.05, 0) is 72.6 Å². The molecule has 1 saturated heterocycles. The Morgan fingerprint density at radius 1 is 0.635 bits per heavy atom. The number of rotatable bonds is 8. The summed E-state index contributed by atoms with van der Waals surface area (Å²) in [5, 5.41) is 26.6. The van der Waals surface area contributed by atoms with Crippen LogP contribution in [0.4, 0.5) is 0 Å². The molecule has 4 rings (SSSR count). The number of benzene rings is 2. The van der Waals surface area contributed by atoms with Gasteiger partial charge >= 0.3 is 18.0 Å². The summed E-state index contributed by atoms with van der Waals surface area (Å²) in [6, 6.07) is 7.49. The maximum absolute atomic E-state index is 11.4. The Kier molecular flexibility index (Phi) is 11.1. The Bertz CT molecular complexity index is 1590. The zero-order valence-corrected chi connectivity index (χ0v) is 35.0. The fourth-order valence-electron chi connectivity index (χ4n) is 7.10. The molecule has 52 heavy (non-hydrogen) atoms. The molecule has 4 atom stereocenters. The molecule has 9 heteroatoms. The third-order valence-electron chi connectivity index (χ3n) is 11.0. The van der Waals surface area contributed by atoms with Gasteiger partial charge in [-0.1, -0.05) is 104 Å². The number of aromatic nitrogens is 3. The molecule has 3 N–H and O–H groups in total. The molecule has 0 saturated carbocycles. The number of aromatic hydroxyl groups is 2. The van der Waals surface area contributed by atoms with E-state index >= 15 is 0 Å². The minimum Gasteiger partial charge on any atom is -0.507 e. The van der Waals surface area contributed by atoms with Crippen LogP contribution in [0.1, 0.15) is 159 Å². The first kappa shape index (κ1) is 41.2. The summed E-state index contributed by atoms with van der Waals surface area (Å²) in [5.74, 6) is 1.62. The second-order valence-corrected chi connectivity index (χ2v) is 19.6. The first-order valence-electron chi connectivity index (χ1n) is 18.9. The quantitative estimate of drug-likeness (QED) is 0.209. The first-order chi connectivity index (χ1) is 23.6. The van der Waals surface area contributed by atoms with Crippen molar-refractivity contribution in [3.8, 4) is 41.0 Å². The van der Waals surface area contributed by atoms with Crippen molar-refractivity contribution in [3.05, 3.63) is 46.5 Å². The van der Waals surface area contributed by atoms with E-state index in [2.05, 4.69) is 128 Å². The van der Waals surface area contributed by atoms with E-state index in [1.165, 1.54) is 0 Å². The highest BCUT2D eigenvalue weighted by Crippen LogP contribution is 2.45. The molecule has 0 bridgehead atoms. The summed E-state index contributed by atoms with van der Waals surface area (Å²) in [5.41, 5.74) is 1.30. The number of piperidine rings is 1. The van der Waals surface area contributed by atoms with Gasteiger partial charge in [0.05, 0.1) is 0 Å². The molecule has 0 aliphatic carbocycles. The van der Waals surface area contributed by atoms with Crippen LogP contribution in [0.5, 0.6) is 41.0 Å². The second kappa shape index (κ2) is 14.0. The number of nitrogens with one attached hydrogen (secondary N) is 1. The van der Waals surface area contributed by atoms with E-state index in [-0.39, 0.29) is 74.3 Å². The summed E-state index contributed by atoms with van der Waals surface area (Å²) in [6.45, 7) is 35.8. The van der Waals surface area contributed by atoms with Crippen molar-refractivity contribution in [2.24, 2.45) is 5.92 Å². The summed E-state index contributed by atoms with van der Waals surface area (Å²) in [7, 11) is 0. The van der Waals surface area contributed by atoms with Crippen molar-refractivity contribution in [1.82, 2.24) is 20.3 Å². The third-order valence-corrected chi connectivity index (χ3v) is 11.0. The Balaban J connectivity index is 1.89.